The molecule has 31 heavy (non-hydrogen) atoms. The van der Waals surface area contributed by atoms with Crippen molar-refractivity contribution in [3.8, 4) is 6.07 Å². The van der Waals surface area contributed by atoms with Crippen molar-refractivity contribution in [3.63, 3.8) is 0 Å². The molecular formula is C24H22FN3O3. The fraction of sp³-hybridized carbons (Fsp3) is 0.375. The average molecular weight is 419 g/mol. The van der Waals surface area contributed by atoms with E-state index in [0.29, 0.717) is 44.3 Å². The van der Waals surface area contributed by atoms with Gasteiger partial charge >= 0.3 is 0 Å². The van der Waals surface area contributed by atoms with Crippen LogP contribution in [0.1, 0.15) is 53.2 Å². The normalized spacial score (nSPS) is 24.3. The fourth-order valence-electron chi connectivity index (χ4n) is 5.04. The number of carbonyl (C=O) groups excluding carboxylic acids is 2. The molecule has 2 amide bonds. The molecule has 3 fully saturated rings. The number of nitrogens with zero attached hydrogens (tertiary/aromatic N) is 3. The molecule has 3 aliphatic rings. The molecule has 1 spiro atoms. The number of benzene rings is 2. The zero-order valence-corrected chi connectivity index (χ0v) is 17.0. The molecule has 5 rings (SSSR count). The van der Waals surface area contributed by atoms with Crippen LogP contribution in [0.25, 0.3) is 0 Å². The van der Waals surface area contributed by atoms with Crippen molar-refractivity contribution < 1.29 is 18.7 Å². The fourth-order valence-corrected chi connectivity index (χ4v) is 5.04. The maximum atomic E-state index is 13.8. The SMILES string of the molecule is N#Cc1cc([C@@H]2CC[C@H]3OC4(CCN(C(=O)c5ccccc5)CC4)C(=O)N32)ccc1F. The van der Waals surface area contributed by atoms with Crippen LogP contribution in [0.5, 0.6) is 0 Å². The van der Waals surface area contributed by atoms with Gasteiger partial charge in [0.1, 0.15) is 18.1 Å². The van der Waals surface area contributed by atoms with Gasteiger partial charge in [0.25, 0.3) is 11.8 Å². The molecule has 0 bridgehead atoms. The molecule has 6 nitrogen and oxygen atoms in total. The molecular weight excluding hydrogens is 397 g/mol. The lowest BCUT2D eigenvalue weighted by Gasteiger charge is -2.37. The van der Waals surface area contributed by atoms with Crippen LogP contribution in [0.15, 0.2) is 48.5 Å². The Hall–Kier alpha value is -3.24. The van der Waals surface area contributed by atoms with Crippen LogP contribution in [0.3, 0.4) is 0 Å². The lowest BCUT2D eigenvalue weighted by atomic mass is 9.89. The summed E-state index contributed by atoms with van der Waals surface area (Å²) in [5.74, 6) is -0.652. The number of carbonyl (C=O) groups is 2. The molecule has 3 aliphatic heterocycles. The van der Waals surface area contributed by atoms with Gasteiger partial charge in [0.15, 0.2) is 5.60 Å². The maximum absolute atomic E-state index is 13.8. The number of amides is 2. The van der Waals surface area contributed by atoms with E-state index in [-0.39, 0.29) is 29.6 Å². The standard InChI is InChI=1S/C24H22FN3O3/c25-19-7-6-17(14-18(19)15-26)20-8-9-21-28(20)23(30)24(31-21)10-12-27(13-11-24)22(29)16-4-2-1-3-5-16/h1-7,14,20-21H,8-13H2/t20-,21+/m0/s1. The number of nitriles is 1. The van der Waals surface area contributed by atoms with Crippen molar-refractivity contribution in [3.05, 3.63) is 71.0 Å². The quantitative estimate of drug-likeness (QED) is 0.748. The van der Waals surface area contributed by atoms with Crippen molar-refractivity contribution in [2.75, 3.05) is 13.1 Å². The molecule has 2 aromatic carbocycles. The minimum Gasteiger partial charge on any atom is -0.342 e. The highest BCUT2D eigenvalue weighted by Crippen LogP contribution is 2.47. The molecule has 3 heterocycles. The molecule has 0 N–H and O–H groups in total. The second-order valence-electron chi connectivity index (χ2n) is 8.38. The zero-order chi connectivity index (χ0) is 21.6. The van der Waals surface area contributed by atoms with E-state index >= 15 is 0 Å². The minimum atomic E-state index is -0.908. The van der Waals surface area contributed by atoms with E-state index in [0.717, 1.165) is 5.56 Å². The number of halogens is 1. The Morgan fingerprint density at radius 2 is 1.87 bits per heavy atom. The summed E-state index contributed by atoms with van der Waals surface area (Å²) in [7, 11) is 0. The summed E-state index contributed by atoms with van der Waals surface area (Å²) < 4.78 is 20.0. The van der Waals surface area contributed by atoms with Crippen molar-refractivity contribution in [1.29, 1.82) is 5.26 Å². The van der Waals surface area contributed by atoms with Gasteiger partial charge in [-0.05, 0) is 42.7 Å². The second-order valence-corrected chi connectivity index (χ2v) is 8.38. The van der Waals surface area contributed by atoms with Crippen molar-refractivity contribution in [2.24, 2.45) is 0 Å². The van der Waals surface area contributed by atoms with Crippen LogP contribution in [-0.4, -0.2) is 46.5 Å². The van der Waals surface area contributed by atoms with Crippen LogP contribution < -0.4 is 0 Å². The number of hydrogen-bond donors (Lipinski definition) is 0. The number of hydrogen-bond acceptors (Lipinski definition) is 4. The molecule has 3 saturated heterocycles. The van der Waals surface area contributed by atoms with Crippen molar-refractivity contribution in [1.82, 2.24) is 9.80 Å². The highest BCUT2D eigenvalue weighted by molar-refractivity contribution is 5.95. The number of likely N-dealkylation sites (tertiary alicyclic amines) is 1. The number of ether oxygens (including phenoxy) is 1. The third-order valence-electron chi connectivity index (χ3n) is 6.69. The Labute approximate surface area is 179 Å². The van der Waals surface area contributed by atoms with E-state index in [9.17, 15) is 14.0 Å². The molecule has 2 atom stereocenters. The van der Waals surface area contributed by atoms with Crippen LogP contribution in [0, 0.1) is 17.1 Å². The van der Waals surface area contributed by atoms with E-state index in [1.807, 2.05) is 24.3 Å². The molecule has 7 heteroatoms. The Kier molecular flexibility index (Phi) is 4.75. The first-order chi connectivity index (χ1) is 15.0. The topological polar surface area (TPSA) is 73.6 Å². The summed E-state index contributed by atoms with van der Waals surface area (Å²) in [6, 6.07) is 15.2. The summed E-state index contributed by atoms with van der Waals surface area (Å²) in [5, 5.41) is 9.15. The molecule has 0 aromatic heterocycles. The van der Waals surface area contributed by atoms with Gasteiger partial charge in [-0.3, -0.25) is 9.59 Å². The molecule has 2 aromatic rings. The van der Waals surface area contributed by atoms with E-state index in [2.05, 4.69) is 0 Å². The van der Waals surface area contributed by atoms with Crippen LogP contribution in [0.4, 0.5) is 4.39 Å². The van der Waals surface area contributed by atoms with Crippen LogP contribution in [-0.2, 0) is 9.53 Å². The third-order valence-corrected chi connectivity index (χ3v) is 6.69. The Morgan fingerprint density at radius 1 is 1.13 bits per heavy atom. The van der Waals surface area contributed by atoms with Gasteiger partial charge in [0.2, 0.25) is 0 Å². The molecule has 0 unspecified atom stereocenters. The summed E-state index contributed by atoms with van der Waals surface area (Å²) in [4.78, 5) is 29.8. The monoisotopic (exact) mass is 419 g/mol. The predicted octanol–water partition coefficient (Wildman–Crippen LogP) is 3.39. The molecule has 0 radical (unpaired) electrons. The Morgan fingerprint density at radius 3 is 2.58 bits per heavy atom. The van der Waals surface area contributed by atoms with E-state index in [1.54, 1.807) is 28.0 Å². The first-order valence-corrected chi connectivity index (χ1v) is 10.6. The van der Waals surface area contributed by atoms with Gasteiger partial charge in [0.05, 0.1) is 11.6 Å². The Balaban J connectivity index is 1.32. The predicted molar refractivity (Wildman–Crippen MR) is 109 cm³/mol. The van der Waals surface area contributed by atoms with Gasteiger partial charge in [-0.2, -0.15) is 5.26 Å². The summed E-state index contributed by atoms with van der Waals surface area (Å²) in [6.07, 6.45) is 2.00. The number of piperidine rings is 1. The lowest BCUT2D eigenvalue weighted by Crippen LogP contribution is -2.51. The highest BCUT2D eigenvalue weighted by Gasteiger charge is 2.58. The summed E-state index contributed by atoms with van der Waals surface area (Å²) >= 11 is 0. The maximum Gasteiger partial charge on any atom is 0.257 e. The number of fused-ring (bicyclic) bond motifs is 1. The van der Waals surface area contributed by atoms with E-state index in [4.69, 9.17) is 10.00 Å². The molecule has 158 valence electrons. The average Bonchev–Trinajstić information content (AvgIpc) is 3.33. The van der Waals surface area contributed by atoms with Crippen molar-refractivity contribution in [2.45, 2.75) is 43.6 Å². The van der Waals surface area contributed by atoms with E-state index < -0.39 is 11.4 Å². The van der Waals surface area contributed by atoms with Gasteiger partial charge in [-0.1, -0.05) is 24.3 Å². The summed E-state index contributed by atoms with van der Waals surface area (Å²) in [5.41, 5.74) is 0.471. The van der Waals surface area contributed by atoms with Gasteiger partial charge in [-0.25, -0.2) is 4.39 Å². The molecule has 0 saturated carbocycles. The number of rotatable bonds is 2. The van der Waals surface area contributed by atoms with Gasteiger partial charge < -0.3 is 14.5 Å². The highest BCUT2D eigenvalue weighted by atomic mass is 19.1. The zero-order valence-electron chi connectivity index (χ0n) is 17.0. The first kappa shape index (κ1) is 19.7. The second kappa shape index (κ2) is 7.47. The van der Waals surface area contributed by atoms with Gasteiger partial charge in [0, 0.05) is 31.5 Å². The van der Waals surface area contributed by atoms with E-state index in [1.165, 1.54) is 12.1 Å². The minimum absolute atomic E-state index is 0.0176. The van der Waals surface area contributed by atoms with Crippen LogP contribution >= 0.6 is 0 Å². The lowest BCUT2D eigenvalue weighted by molar-refractivity contribution is -0.142. The molecule has 0 aliphatic carbocycles. The van der Waals surface area contributed by atoms with Crippen LogP contribution in [0.2, 0.25) is 0 Å². The smallest absolute Gasteiger partial charge is 0.257 e. The van der Waals surface area contributed by atoms with Gasteiger partial charge in [-0.15, -0.1) is 0 Å². The van der Waals surface area contributed by atoms with Crippen molar-refractivity contribution >= 4 is 11.8 Å². The largest absolute Gasteiger partial charge is 0.342 e. The first-order valence-electron chi connectivity index (χ1n) is 10.6. The third kappa shape index (κ3) is 3.19. The summed E-state index contributed by atoms with van der Waals surface area (Å²) in [6.45, 7) is 0.916. The Bertz CT molecular complexity index is 1070.